The molecule has 0 amide bonds. The van der Waals surface area contributed by atoms with Gasteiger partial charge in [0.1, 0.15) is 12.5 Å². The maximum atomic E-state index is 10.8. The maximum Gasteiger partial charge on any atom is 0.158 e. The molecule has 0 aliphatic carbocycles. The molecule has 0 radical (unpaired) electrons. The van der Waals surface area contributed by atoms with E-state index in [9.17, 15) is 8.42 Å². The third kappa shape index (κ3) is 6.20. The number of hydrogen-bond donors (Lipinski definition) is 4. The molecule has 0 aromatic heterocycles. The first kappa shape index (κ1) is 10.8. The van der Waals surface area contributed by atoms with Crippen LogP contribution >= 0.6 is 0 Å². The van der Waals surface area contributed by atoms with Crippen LogP contribution in [-0.2, 0) is 9.84 Å². The lowest BCUT2D eigenvalue weighted by Crippen LogP contribution is -2.36. The fourth-order valence-electron chi connectivity index (χ4n) is 0.588. The molecule has 0 fully saturated rings. The largest absolute Gasteiger partial charge is 0.378 e. The van der Waals surface area contributed by atoms with Gasteiger partial charge in [-0.25, -0.2) is 8.42 Å². The van der Waals surface area contributed by atoms with E-state index in [0.29, 0.717) is 0 Å². The van der Waals surface area contributed by atoms with Gasteiger partial charge < -0.3 is 21.7 Å². The van der Waals surface area contributed by atoms with Crippen LogP contribution in [0.3, 0.4) is 0 Å². The standard InChI is InChI=1S/C4H12N2O4S/c5-3(7)1-11(9,10)2-4(6)8/h3-4,7-8H,1-2,5-6H2. The summed E-state index contributed by atoms with van der Waals surface area (Å²) in [5.41, 5.74) is 9.62. The first-order chi connectivity index (χ1) is 4.83. The van der Waals surface area contributed by atoms with Gasteiger partial charge in [-0.05, 0) is 0 Å². The molecular weight excluding hydrogens is 172 g/mol. The van der Waals surface area contributed by atoms with Gasteiger partial charge in [0, 0.05) is 0 Å². The molecule has 0 heterocycles. The molecule has 0 rings (SSSR count). The molecule has 0 saturated carbocycles. The summed E-state index contributed by atoms with van der Waals surface area (Å²) in [6.45, 7) is 0. The van der Waals surface area contributed by atoms with Gasteiger partial charge >= 0.3 is 0 Å². The molecule has 7 heteroatoms. The zero-order valence-corrected chi connectivity index (χ0v) is 6.66. The fourth-order valence-corrected chi connectivity index (χ4v) is 1.77. The highest BCUT2D eigenvalue weighted by Gasteiger charge is 2.16. The third-order valence-electron chi connectivity index (χ3n) is 0.849. The molecule has 0 aliphatic heterocycles. The minimum absolute atomic E-state index is 0.582. The van der Waals surface area contributed by atoms with Crippen molar-refractivity contribution in [2.45, 2.75) is 12.5 Å². The van der Waals surface area contributed by atoms with Gasteiger partial charge in [-0.1, -0.05) is 0 Å². The van der Waals surface area contributed by atoms with E-state index in [1.165, 1.54) is 0 Å². The van der Waals surface area contributed by atoms with Crippen LogP contribution < -0.4 is 11.5 Å². The molecule has 6 nitrogen and oxygen atoms in total. The number of aliphatic hydroxyl groups excluding tert-OH is 2. The second kappa shape index (κ2) is 3.98. The summed E-state index contributed by atoms with van der Waals surface area (Å²) < 4.78 is 21.5. The maximum absolute atomic E-state index is 10.8. The number of sulfone groups is 1. The van der Waals surface area contributed by atoms with Crippen molar-refractivity contribution < 1.29 is 18.6 Å². The van der Waals surface area contributed by atoms with Crippen LogP contribution in [0.1, 0.15) is 0 Å². The van der Waals surface area contributed by atoms with Gasteiger partial charge in [0.15, 0.2) is 9.84 Å². The zero-order chi connectivity index (χ0) is 9.07. The van der Waals surface area contributed by atoms with Gasteiger partial charge in [-0.3, -0.25) is 0 Å². The van der Waals surface area contributed by atoms with Crippen molar-refractivity contribution in [2.75, 3.05) is 11.5 Å². The topological polar surface area (TPSA) is 127 Å². The molecule has 0 spiro atoms. The molecular formula is C4H12N2O4S. The average molecular weight is 184 g/mol. The van der Waals surface area contributed by atoms with E-state index in [1.54, 1.807) is 0 Å². The Bertz CT molecular complexity index is 182. The van der Waals surface area contributed by atoms with Crippen molar-refractivity contribution in [1.82, 2.24) is 0 Å². The molecule has 11 heavy (non-hydrogen) atoms. The Kier molecular flexibility index (Phi) is 3.90. The van der Waals surface area contributed by atoms with E-state index in [1.807, 2.05) is 0 Å². The van der Waals surface area contributed by atoms with Gasteiger partial charge in [0.05, 0.1) is 11.5 Å². The fraction of sp³-hybridized carbons (Fsp3) is 1.00. The minimum atomic E-state index is -3.53. The molecule has 0 aromatic carbocycles. The van der Waals surface area contributed by atoms with E-state index < -0.39 is 33.8 Å². The highest BCUT2D eigenvalue weighted by atomic mass is 32.2. The van der Waals surface area contributed by atoms with Crippen molar-refractivity contribution in [3.05, 3.63) is 0 Å². The second-order valence-electron chi connectivity index (χ2n) is 2.21. The Hall–Kier alpha value is -0.210. The summed E-state index contributed by atoms with van der Waals surface area (Å²) in [6, 6.07) is 0. The summed E-state index contributed by atoms with van der Waals surface area (Å²) >= 11 is 0. The SMILES string of the molecule is NC(O)CS(=O)(=O)CC(N)O. The van der Waals surface area contributed by atoms with E-state index in [0.717, 1.165) is 0 Å². The number of nitrogens with two attached hydrogens (primary N) is 2. The molecule has 0 aromatic rings. The lowest BCUT2D eigenvalue weighted by atomic mass is 10.7. The molecule has 6 N–H and O–H groups in total. The Morgan fingerprint density at radius 3 is 1.55 bits per heavy atom. The summed E-state index contributed by atoms with van der Waals surface area (Å²) in [5.74, 6) is -1.16. The zero-order valence-electron chi connectivity index (χ0n) is 5.84. The summed E-state index contributed by atoms with van der Waals surface area (Å²) in [7, 11) is -3.53. The van der Waals surface area contributed by atoms with Gasteiger partial charge in [0.2, 0.25) is 0 Å². The highest BCUT2D eigenvalue weighted by molar-refractivity contribution is 7.91. The average Bonchev–Trinajstić information content (AvgIpc) is 1.53. The van der Waals surface area contributed by atoms with Crippen LogP contribution in [0.2, 0.25) is 0 Å². The lowest BCUT2D eigenvalue weighted by molar-refractivity contribution is 0.198. The lowest BCUT2D eigenvalue weighted by Gasteiger charge is -2.07. The molecule has 2 atom stereocenters. The second-order valence-corrected chi connectivity index (χ2v) is 4.37. The van der Waals surface area contributed by atoms with Crippen LogP contribution in [0.5, 0.6) is 0 Å². The van der Waals surface area contributed by atoms with Crippen LogP contribution in [0.15, 0.2) is 0 Å². The van der Waals surface area contributed by atoms with E-state index in [2.05, 4.69) is 0 Å². The summed E-state index contributed by atoms with van der Waals surface area (Å²) in [4.78, 5) is 0. The van der Waals surface area contributed by atoms with Crippen LogP contribution in [0.25, 0.3) is 0 Å². The van der Waals surface area contributed by atoms with Crippen molar-refractivity contribution >= 4 is 9.84 Å². The molecule has 0 aliphatic rings. The quantitative estimate of drug-likeness (QED) is 0.344. The predicted octanol–water partition coefficient (Wildman–Crippen LogP) is -3.04. The van der Waals surface area contributed by atoms with Crippen molar-refractivity contribution in [2.24, 2.45) is 11.5 Å². The number of aliphatic hydroxyl groups is 2. The Labute approximate surface area is 64.7 Å². The van der Waals surface area contributed by atoms with E-state index in [4.69, 9.17) is 21.7 Å². The van der Waals surface area contributed by atoms with Crippen molar-refractivity contribution in [3.8, 4) is 0 Å². The third-order valence-corrected chi connectivity index (χ3v) is 2.55. The molecule has 0 saturated heterocycles. The number of rotatable bonds is 4. The van der Waals surface area contributed by atoms with Crippen LogP contribution in [0, 0.1) is 0 Å². The Morgan fingerprint density at radius 1 is 1.09 bits per heavy atom. The normalized spacial score (nSPS) is 17.8. The predicted molar refractivity (Wildman–Crippen MR) is 39.0 cm³/mol. The summed E-state index contributed by atoms with van der Waals surface area (Å²) in [5, 5.41) is 17.0. The Balaban J connectivity index is 4.03. The van der Waals surface area contributed by atoms with Crippen LogP contribution in [0.4, 0.5) is 0 Å². The van der Waals surface area contributed by atoms with Crippen LogP contribution in [-0.4, -0.2) is 42.6 Å². The van der Waals surface area contributed by atoms with Crippen molar-refractivity contribution in [1.29, 1.82) is 0 Å². The minimum Gasteiger partial charge on any atom is -0.378 e. The van der Waals surface area contributed by atoms with E-state index >= 15 is 0 Å². The number of hydrogen-bond acceptors (Lipinski definition) is 6. The van der Waals surface area contributed by atoms with Gasteiger partial charge in [-0.2, -0.15) is 0 Å². The monoisotopic (exact) mass is 184 g/mol. The van der Waals surface area contributed by atoms with E-state index in [-0.39, 0.29) is 0 Å². The molecule has 0 bridgehead atoms. The molecule has 68 valence electrons. The first-order valence-electron chi connectivity index (χ1n) is 2.91. The van der Waals surface area contributed by atoms with Crippen molar-refractivity contribution in [3.63, 3.8) is 0 Å². The highest BCUT2D eigenvalue weighted by Crippen LogP contribution is 1.92. The van der Waals surface area contributed by atoms with Gasteiger partial charge in [-0.15, -0.1) is 0 Å². The first-order valence-corrected chi connectivity index (χ1v) is 4.73. The van der Waals surface area contributed by atoms with Gasteiger partial charge in [0.25, 0.3) is 0 Å². The Morgan fingerprint density at radius 2 is 1.36 bits per heavy atom. The molecule has 2 unspecified atom stereocenters. The smallest absolute Gasteiger partial charge is 0.158 e. The summed E-state index contributed by atoms with van der Waals surface area (Å²) in [6.07, 6.45) is -2.84.